The number of Topliss-reactive ketones (excluding diaryl/α,β-unsaturated/α-hetero) is 1. The fraction of sp³-hybridized carbons (Fsp3) is 0.450. The van der Waals surface area contributed by atoms with Gasteiger partial charge in [0, 0.05) is 49.9 Å². The second-order valence-corrected chi connectivity index (χ2v) is 6.72. The van der Waals surface area contributed by atoms with Gasteiger partial charge in [-0.25, -0.2) is 4.39 Å². The molecule has 2 heterocycles. The van der Waals surface area contributed by atoms with Crippen molar-refractivity contribution in [1.82, 2.24) is 14.7 Å². The van der Waals surface area contributed by atoms with E-state index in [0.717, 1.165) is 38.8 Å². The van der Waals surface area contributed by atoms with Gasteiger partial charge < -0.3 is 4.90 Å². The van der Waals surface area contributed by atoms with Gasteiger partial charge in [-0.2, -0.15) is 5.10 Å². The third-order valence-electron chi connectivity index (χ3n) is 4.93. The lowest BCUT2D eigenvalue weighted by Crippen LogP contribution is -2.44. The molecule has 1 aromatic carbocycles. The summed E-state index contributed by atoms with van der Waals surface area (Å²) in [4.78, 5) is 26.8. The van der Waals surface area contributed by atoms with E-state index in [-0.39, 0.29) is 36.4 Å². The van der Waals surface area contributed by atoms with Crippen LogP contribution in [0.2, 0.25) is 0 Å². The number of carbonyl (C=O) groups is 2. The summed E-state index contributed by atoms with van der Waals surface area (Å²) in [5, 5.41) is 4.21. The molecule has 0 N–H and O–H groups in total. The first kappa shape index (κ1) is 18.3. The normalized spacial score (nSPS) is 17.3. The van der Waals surface area contributed by atoms with Crippen molar-refractivity contribution in [1.29, 1.82) is 0 Å². The van der Waals surface area contributed by atoms with E-state index in [1.54, 1.807) is 6.20 Å². The molecule has 3 rings (SSSR count). The molecule has 0 aliphatic carbocycles. The molecule has 5 nitrogen and oxygen atoms in total. The maximum absolute atomic E-state index is 12.9. The van der Waals surface area contributed by atoms with Crippen LogP contribution in [0.5, 0.6) is 0 Å². The summed E-state index contributed by atoms with van der Waals surface area (Å²) >= 11 is 0. The Kier molecular flexibility index (Phi) is 6.15. The molecular formula is C20H24FN3O2. The molecule has 6 heteroatoms. The summed E-state index contributed by atoms with van der Waals surface area (Å²) in [6.45, 7) is 1.54. The minimum Gasteiger partial charge on any atom is -0.340 e. The third kappa shape index (κ3) is 4.77. The van der Waals surface area contributed by atoms with Gasteiger partial charge in [0.2, 0.25) is 5.91 Å². The van der Waals surface area contributed by atoms with Crippen LogP contribution in [0.4, 0.5) is 4.39 Å². The minimum absolute atomic E-state index is 0.0330. The van der Waals surface area contributed by atoms with Gasteiger partial charge >= 0.3 is 0 Å². The van der Waals surface area contributed by atoms with Gasteiger partial charge in [-0.3, -0.25) is 14.3 Å². The van der Waals surface area contributed by atoms with Crippen LogP contribution in [0.15, 0.2) is 42.7 Å². The van der Waals surface area contributed by atoms with Crippen molar-refractivity contribution < 1.29 is 14.0 Å². The van der Waals surface area contributed by atoms with E-state index in [9.17, 15) is 14.0 Å². The SMILES string of the molecule is O=C(CCC(=O)N1CCCCC1CCn1cccn1)c1ccc(F)cc1. The van der Waals surface area contributed by atoms with E-state index in [1.807, 2.05) is 21.8 Å². The highest BCUT2D eigenvalue weighted by atomic mass is 19.1. The topological polar surface area (TPSA) is 55.2 Å². The molecule has 1 aliphatic rings. The first-order valence-corrected chi connectivity index (χ1v) is 9.19. The number of aryl methyl sites for hydroxylation is 1. The molecule has 0 radical (unpaired) electrons. The van der Waals surface area contributed by atoms with Crippen molar-refractivity contribution in [3.8, 4) is 0 Å². The molecule has 1 atom stereocenters. The Morgan fingerprint density at radius 3 is 2.69 bits per heavy atom. The lowest BCUT2D eigenvalue weighted by Gasteiger charge is -2.36. The van der Waals surface area contributed by atoms with E-state index in [1.165, 1.54) is 24.3 Å². The Hall–Kier alpha value is -2.50. The zero-order valence-electron chi connectivity index (χ0n) is 14.8. The molecule has 1 saturated heterocycles. The Bertz CT molecular complexity index is 728. The maximum atomic E-state index is 12.9. The highest BCUT2D eigenvalue weighted by Gasteiger charge is 2.26. The third-order valence-corrected chi connectivity index (χ3v) is 4.93. The number of aromatic nitrogens is 2. The Morgan fingerprint density at radius 1 is 1.15 bits per heavy atom. The molecule has 0 saturated carbocycles. The Morgan fingerprint density at radius 2 is 1.96 bits per heavy atom. The first-order valence-electron chi connectivity index (χ1n) is 9.19. The molecule has 26 heavy (non-hydrogen) atoms. The van der Waals surface area contributed by atoms with Crippen molar-refractivity contribution in [2.75, 3.05) is 6.54 Å². The van der Waals surface area contributed by atoms with E-state index in [2.05, 4.69) is 5.10 Å². The number of amides is 1. The van der Waals surface area contributed by atoms with E-state index < -0.39 is 0 Å². The molecule has 1 amide bonds. The molecule has 0 spiro atoms. The quantitative estimate of drug-likeness (QED) is 0.713. The van der Waals surface area contributed by atoms with Crippen LogP contribution in [-0.4, -0.2) is 39.0 Å². The zero-order valence-corrected chi connectivity index (χ0v) is 14.8. The first-order chi connectivity index (χ1) is 12.6. The fourth-order valence-electron chi connectivity index (χ4n) is 3.49. The standard InChI is InChI=1S/C20H24FN3O2/c21-17-7-5-16(6-8-17)19(25)9-10-20(26)24-14-2-1-4-18(24)11-15-23-13-3-12-22-23/h3,5-8,12-13,18H,1-2,4,9-11,14-15H2. The van der Waals surface area contributed by atoms with Gasteiger partial charge in [0.15, 0.2) is 5.78 Å². The van der Waals surface area contributed by atoms with Gasteiger partial charge in [0.1, 0.15) is 5.82 Å². The minimum atomic E-state index is -0.369. The van der Waals surface area contributed by atoms with Gasteiger partial charge in [0.25, 0.3) is 0 Å². The second-order valence-electron chi connectivity index (χ2n) is 6.72. The number of likely N-dealkylation sites (tertiary alicyclic amines) is 1. The van der Waals surface area contributed by atoms with E-state index in [0.29, 0.717) is 5.56 Å². The van der Waals surface area contributed by atoms with Crippen LogP contribution in [0.1, 0.15) is 48.9 Å². The van der Waals surface area contributed by atoms with Crippen molar-refractivity contribution in [2.24, 2.45) is 0 Å². The molecule has 1 fully saturated rings. The molecule has 1 unspecified atom stereocenters. The molecule has 1 aromatic heterocycles. The Labute approximate surface area is 152 Å². The molecule has 0 bridgehead atoms. The van der Waals surface area contributed by atoms with E-state index in [4.69, 9.17) is 0 Å². The molecule has 138 valence electrons. The maximum Gasteiger partial charge on any atom is 0.223 e. The molecule has 2 aromatic rings. The average molecular weight is 357 g/mol. The van der Waals surface area contributed by atoms with Crippen molar-refractivity contribution in [2.45, 2.75) is 51.1 Å². The highest BCUT2D eigenvalue weighted by Crippen LogP contribution is 2.22. The van der Waals surface area contributed by atoms with Crippen LogP contribution >= 0.6 is 0 Å². The van der Waals surface area contributed by atoms with Gasteiger partial charge in [-0.15, -0.1) is 0 Å². The number of halogens is 1. The van der Waals surface area contributed by atoms with Crippen molar-refractivity contribution >= 4 is 11.7 Å². The predicted molar refractivity (Wildman–Crippen MR) is 96.2 cm³/mol. The Balaban J connectivity index is 1.52. The number of hydrogen-bond acceptors (Lipinski definition) is 3. The summed E-state index contributed by atoms with van der Waals surface area (Å²) in [6.07, 6.45) is 8.05. The number of benzene rings is 1. The largest absolute Gasteiger partial charge is 0.340 e. The number of nitrogens with zero attached hydrogens (tertiary/aromatic N) is 3. The average Bonchev–Trinajstić information content (AvgIpc) is 3.18. The van der Waals surface area contributed by atoms with Crippen molar-refractivity contribution in [3.63, 3.8) is 0 Å². The number of rotatable bonds is 7. The van der Waals surface area contributed by atoms with Gasteiger partial charge in [-0.1, -0.05) is 0 Å². The lowest BCUT2D eigenvalue weighted by molar-refractivity contribution is -0.135. The van der Waals surface area contributed by atoms with Gasteiger partial charge in [-0.05, 0) is 56.0 Å². The van der Waals surface area contributed by atoms with Gasteiger partial charge in [0.05, 0.1) is 0 Å². The van der Waals surface area contributed by atoms with E-state index >= 15 is 0 Å². The van der Waals surface area contributed by atoms with Crippen molar-refractivity contribution in [3.05, 3.63) is 54.1 Å². The summed E-state index contributed by atoms with van der Waals surface area (Å²) < 4.78 is 14.8. The summed E-state index contributed by atoms with van der Waals surface area (Å²) in [5.41, 5.74) is 0.452. The number of hydrogen-bond donors (Lipinski definition) is 0. The summed E-state index contributed by atoms with van der Waals surface area (Å²) in [6, 6.07) is 7.58. The number of carbonyl (C=O) groups excluding carboxylic acids is 2. The lowest BCUT2D eigenvalue weighted by atomic mass is 9.98. The van der Waals surface area contributed by atoms with Crippen LogP contribution in [0.25, 0.3) is 0 Å². The smallest absolute Gasteiger partial charge is 0.223 e. The zero-order chi connectivity index (χ0) is 18.4. The monoisotopic (exact) mass is 357 g/mol. The second kappa shape index (κ2) is 8.74. The molecular weight excluding hydrogens is 333 g/mol. The number of piperidine rings is 1. The van der Waals surface area contributed by atoms with Crippen LogP contribution < -0.4 is 0 Å². The van der Waals surface area contributed by atoms with Crippen LogP contribution in [0.3, 0.4) is 0 Å². The predicted octanol–water partition coefficient (Wildman–Crippen LogP) is 3.46. The van der Waals surface area contributed by atoms with Crippen LogP contribution in [-0.2, 0) is 11.3 Å². The summed E-state index contributed by atoms with van der Waals surface area (Å²) in [7, 11) is 0. The molecule has 1 aliphatic heterocycles. The van der Waals surface area contributed by atoms with Crippen LogP contribution in [0, 0.1) is 5.82 Å². The number of ketones is 1. The highest BCUT2D eigenvalue weighted by molar-refractivity contribution is 5.97. The summed E-state index contributed by atoms with van der Waals surface area (Å²) in [5.74, 6) is -0.458. The fourth-order valence-corrected chi connectivity index (χ4v) is 3.49.